The minimum atomic E-state index is -0.277. The molecule has 1 aromatic heterocycles. The first kappa shape index (κ1) is 16.0. The summed E-state index contributed by atoms with van der Waals surface area (Å²) in [6.07, 6.45) is 0. The van der Waals surface area contributed by atoms with Crippen LogP contribution in [0, 0.1) is 5.92 Å². The molecule has 3 aromatic rings. The zero-order chi connectivity index (χ0) is 17.1. The number of hydrogen-bond donors (Lipinski definition) is 2. The third-order valence-corrected chi connectivity index (χ3v) is 4.11. The fourth-order valence-electron chi connectivity index (χ4n) is 2.85. The molecule has 1 atom stereocenters. The molecule has 3 rings (SSSR count). The average molecular weight is 320 g/mol. The third kappa shape index (κ3) is 3.23. The van der Waals surface area contributed by atoms with E-state index in [4.69, 9.17) is 0 Å². The SMILES string of the molecule is CC(C)C(NC(=O)c1cc2ccccc2c(=O)[nH]1)c1ccccc1. The van der Waals surface area contributed by atoms with E-state index >= 15 is 0 Å². The van der Waals surface area contributed by atoms with Crippen LogP contribution in [0.3, 0.4) is 0 Å². The van der Waals surface area contributed by atoms with E-state index in [2.05, 4.69) is 24.1 Å². The second-order valence-electron chi connectivity index (χ2n) is 6.21. The van der Waals surface area contributed by atoms with Gasteiger partial charge in [0.05, 0.1) is 6.04 Å². The smallest absolute Gasteiger partial charge is 0.268 e. The molecule has 0 aliphatic heterocycles. The van der Waals surface area contributed by atoms with E-state index in [9.17, 15) is 9.59 Å². The predicted molar refractivity (Wildman–Crippen MR) is 96.1 cm³/mol. The van der Waals surface area contributed by atoms with Gasteiger partial charge in [-0.1, -0.05) is 62.4 Å². The standard InChI is InChI=1S/C20H20N2O2/c1-13(2)18(14-8-4-3-5-9-14)22-20(24)17-12-15-10-6-7-11-16(15)19(23)21-17/h3-13,18H,1-2H3,(H,21,23)(H,22,24). The van der Waals surface area contributed by atoms with Gasteiger partial charge in [-0.05, 0) is 29.0 Å². The minimum Gasteiger partial charge on any atom is -0.344 e. The van der Waals surface area contributed by atoms with Crippen molar-refractivity contribution in [2.45, 2.75) is 19.9 Å². The molecule has 0 fully saturated rings. The van der Waals surface area contributed by atoms with Crippen molar-refractivity contribution >= 4 is 16.7 Å². The summed E-state index contributed by atoms with van der Waals surface area (Å²) in [4.78, 5) is 27.5. The number of rotatable bonds is 4. The lowest BCUT2D eigenvalue weighted by atomic mass is 9.96. The van der Waals surface area contributed by atoms with Crippen LogP contribution in [0.1, 0.15) is 35.9 Å². The van der Waals surface area contributed by atoms with Gasteiger partial charge in [0, 0.05) is 5.39 Å². The molecule has 1 heterocycles. The number of pyridine rings is 1. The molecule has 0 saturated heterocycles. The Bertz CT molecular complexity index is 914. The molecule has 0 radical (unpaired) electrons. The van der Waals surface area contributed by atoms with Crippen molar-refractivity contribution < 1.29 is 4.79 Å². The highest BCUT2D eigenvalue weighted by atomic mass is 16.2. The Morgan fingerprint density at radius 1 is 1.00 bits per heavy atom. The summed E-state index contributed by atoms with van der Waals surface area (Å²) in [7, 11) is 0. The van der Waals surface area contributed by atoms with Gasteiger partial charge in [0.25, 0.3) is 11.5 Å². The lowest BCUT2D eigenvalue weighted by molar-refractivity contribution is 0.0920. The first-order valence-corrected chi connectivity index (χ1v) is 8.04. The minimum absolute atomic E-state index is 0.117. The van der Waals surface area contributed by atoms with Crippen molar-refractivity contribution in [1.29, 1.82) is 0 Å². The van der Waals surface area contributed by atoms with Crippen molar-refractivity contribution in [3.05, 3.63) is 82.3 Å². The van der Waals surface area contributed by atoms with Crippen molar-refractivity contribution in [3.63, 3.8) is 0 Å². The summed E-state index contributed by atoms with van der Waals surface area (Å²) in [6.45, 7) is 4.11. The van der Waals surface area contributed by atoms with Crippen molar-refractivity contribution in [1.82, 2.24) is 10.3 Å². The third-order valence-electron chi connectivity index (χ3n) is 4.11. The van der Waals surface area contributed by atoms with Crippen LogP contribution in [-0.2, 0) is 0 Å². The maximum Gasteiger partial charge on any atom is 0.268 e. The summed E-state index contributed by atoms with van der Waals surface area (Å²) >= 11 is 0. The van der Waals surface area contributed by atoms with E-state index < -0.39 is 0 Å². The van der Waals surface area contributed by atoms with Crippen LogP contribution in [0.25, 0.3) is 10.8 Å². The molecule has 1 amide bonds. The van der Waals surface area contributed by atoms with Gasteiger partial charge in [0.2, 0.25) is 0 Å². The van der Waals surface area contributed by atoms with E-state index in [0.29, 0.717) is 5.39 Å². The first-order chi connectivity index (χ1) is 11.6. The molecule has 24 heavy (non-hydrogen) atoms. The Kier molecular flexibility index (Phi) is 4.47. The molecule has 4 nitrogen and oxygen atoms in total. The van der Waals surface area contributed by atoms with Crippen LogP contribution >= 0.6 is 0 Å². The van der Waals surface area contributed by atoms with Gasteiger partial charge >= 0.3 is 0 Å². The summed E-state index contributed by atoms with van der Waals surface area (Å²) in [5.41, 5.74) is 1.07. The number of amides is 1. The van der Waals surface area contributed by atoms with Gasteiger partial charge in [0.15, 0.2) is 0 Å². The molecule has 0 bridgehead atoms. The van der Waals surface area contributed by atoms with E-state index in [0.717, 1.165) is 10.9 Å². The summed E-state index contributed by atoms with van der Waals surface area (Å²) in [6, 6.07) is 18.7. The van der Waals surface area contributed by atoms with Crippen LogP contribution in [0.15, 0.2) is 65.5 Å². The molecular weight excluding hydrogens is 300 g/mol. The zero-order valence-electron chi connectivity index (χ0n) is 13.7. The second-order valence-corrected chi connectivity index (χ2v) is 6.21. The number of nitrogens with one attached hydrogen (secondary N) is 2. The molecule has 2 aromatic carbocycles. The maximum absolute atomic E-state index is 12.6. The number of hydrogen-bond acceptors (Lipinski definition) is 2. The summed E-state index contributed by atoms with van der Waals surface area (Å²) in [5.74, 6) is -0.0519. The lowest BCUT2D eigenvalue weighted by Gasteiger charge is -2.23. The highest BCUT2D eigenvalue weighted by Gasteiger charge is 2.19. The molecule has 1 unspecified atom stereocenters. The Balaban J connectivity index is 1.92. The summed E-state index contributed by atoms with van der Waals surface area (Å²) < 4.78 is 0. The molecule has 2 N–H and O–H groups in total. The van der Waals surface area contributed by atoms with Gasteiger partial charge in [-0.3, -0.25) is 9.59 Å². The van der Waals surface area contributed by atoms with Gasteiger partial charge < -0.3 is 10.3 Å². The molecule has 0 aliphatic carbocycles. The maximum atomic E-state index is 12.6. The molecule has 4 heteroatoms. The normalized spacial score (nSPS) is 12.3. The Morgan fingerprint density at radius 2 is 1.67 bits per heavy atom. The largest absolute Gasteiger partial charge is 0.344 e. The van der Waals surface area contributed by atoms with E-state index in [1.165, 1.54) is 0 Å². The number of aromatic nitrogens is 1. The number of carbonyl (C=O) groups is 1. The highest BCUT2D eigenvalue weighted by molar-refractivity contribution is 5.96. The second kappa shape index (κ2) is 6.71. The predicted octanol–water partition coefficient (Wildman–Crippen LogP) is 3.66. The van der Waals surface area contributed by atoms with Crippen molar-refractivity contribution in [2.24, 2.45) is 5.92 Å². The molecule has 0 spiro atoms. The van der Waals surface area contributed by atoms with E-state index in [-0.39, 0.29) is 29.1 Å². The quantitative estimate of drug-likeness (QED) is 0.770. The average Bonchev–Trinajstić information content (AvgIpc) is 2.60. The van der Waals surface area contributed by atoms with Crippen LogP contribution in [0.4, 0.5) is 0 Å². The topological polar surface area (TPSA) is 62.0 Å². The molecule has 0 aliphatic rings. The number of benzene rings is 2. The fraction of sp³-hybridized carbons (Fsp3) is 0.200. The van der Waals surface area contributed by atoms with E-state index in [1.807, 2.05) is 48.5 Å². The first-order valence-electron chi connectivity index (χ1n) is 8.04. The zero-order valence-corrected chi connectivity index (χ0v) is 13.7. The van der Waals surface area contributed by atoms with Gasteiger partial charge in [-0.25, -0.2) is 0 Å². The van der Waals surface area contributed by atoms with Gasteiger partial charge in [0.1, 0.15) is 5.69 Å². The van der Waals surface area contributed by atoms with Gasteiger partial charge in [-0.15, -0.1) is 0 Å². The van der Waals surface area contributed by atoms with Crippen LogP contribution in [-0.4, -0.2) is 10.9 Å². The molecular formula is C20H20N2O2. The number of H-pyrrole nitrogens is 1. The van der Waals surface area contributed by atoms with E-state index in [1.54, 1.807) is 12.1 Å². The molecule has 0 saturated carbocycles. The van der Waals surface area contributed by atoms with Crippen molar-refractivity contribution in [2.75, 3.05) is 0 Å². The summed E-state index contributed by atoms with van der Waals surface area (Å²) in [5, 5.41) is 4.37. The van der Waals surface area contributed by atoms with Gasteiger partial charge in [-0.2, -0.15) is 0 Å². The Labute approximate surface area is 140 Å². The monoisotopic (exact) mass is 320 g/mol. The number of aromatic amines is 1. The van der Waals surface area contributed by atoms with Crippen molar-refractivity contribution in [3.8, 4) is 0 Å². The van der Waals surface area contributed by atoms with Crippen LogP contribution in [0.2, 0.25) is 0 Å². The van der Waals surface area contributed by atoms with Crippen LogP contribution in [0.5, 0.6) is 0 Å². The Hall–Kier alpha value is -2.88. The number of carbonyl (C=O) groups excluding carboxylic acids is 1. The highest BCUT2D eigenvalue weighted by Crippen LogP contribution is 2.22. The molecule has 122 valence electrons. The number of fused-ring (bicyclic) bond motifs is 1. The lowest BCUT2D eigenvalue weighted by Crippen LogP contribution is -2.33. The Morgan fingerprint density at radius 3 is 2.38 bits per heavy atom. The van der Waals surface area contributed by atoms with Crippen LogP contribution < -0.4 is 10.9 Å². The fourth-order valence-corrected chi connectivity index (χ4v) is 2.85.